The molecule has 0 atom stereocenters. The highest BCUT2D eigenvalue weighted by molar-refractivity contribution is 9.10. The number of hydrogen-bond donors (Lipinski definition) is 1. The molecule has 0 saturated carbocycles. The van der Waals surface area contributed by atoms with Crippen LogP contribution in [-0.4, -0.2) is 59.7 Å². The van der Waals surface area contributed by atoms with E-state index < -0.39 is 14.0 Å². The lowest BCUT2D eigenvalue weighted by Crippen LogP contribution is -2.41. The van der Waals surface area contributed by atoms with E-state index in [0.29, 0.717) is 0 Å². The van der Waals surface area contributed by atoms with Crippen molar-refractivity contribution >= 4 is 59.5 Å². The number of benzene rings is 2. The monoisotopic (exact) mass is 691 g/mol. The van der Waals surface area contributed by atoms with Crippen molar-refractivity contribution < 1.29 is 27.9 Å². The second-order valence-corrected chi connectivity index (χ2v) is 16.4. The summed E-state index contributed by atoms with van der Waals surface area (Å²) in [5, 5.41) is 1.16. The van der Waals surface area contributed by atoms with Crippen molar-refractivity contribution in [3.8, 4) is 0 Å². The maximum atomic E-state index is 6.09. The average molecular weight is 692 g/mol. The van der Waals surface area contributed by atoms with Gasteiger partial charge in [-0.1, -0.05) is 52.3 Å². The van der Waals surface area contributed by atoms with Crippen molar-refractivity contribution in [2.75, 3.05) is 0 Å². The molecule has 0 unspecified atom stereocenters. The van der Waals surface area contributed by atoms with E-state index in [1.165, 1.54) is 15.6 Å². The maximum Gasteiger partial charge on any atom is 0.495 e. The topological polar surface area (TPSA) is 71.2 Å². The molecule has 11 heteroatoms. The molecule has 7 rings (SSSR count). The SMILES string of the molecule is Brc1cccc2c1C=CC2.CC1(C)OB(B2OC(C)(C)C(C)(C)O2)OC1(C)C.CC1(C)OB(c2cccc3[nH]ccc23)OC1(C)C. The van der Waals surface area contributed by atoms with Gasteiger partial charge in [-0.05, 0) is 130 Å². The molecule has 0 bridgehead atoms. The number of rotatable bonds is 2. The van der Waals surface area contributed by atoms with E-state index >= 15 is 0 Å². The molecule has 0 amide bonds. The summed E-state index contributed by atoms with van der Waals surface area (Å²) in [5.41, 5.74) is 2.95. The molecule has 2 aromatic carbocycles. The van der Waals surface area contributed by atoms with Crippen molar-refractivity contribution in [1.29, 1.82) is 0 Å². The van der Waals surface area contributed by atoms with Crippen LogP contribution in [0.15, 0.2) is 59.2 Å². The summed E-state index contributed by atoms with van der Waals surface area (Å²) in [6.45, 7) is 24.5. The summed E-state index contributed by atoms with van der Waals surface area (Å²) in [6.07, 6.45) is 7.39. The van der Waals surface area contributed by atoms with Crippen LogP contribution in [0.1, 0.15) is 94.2 Å². The van der Waals surface area contributed by atoms with Crippen molar-refractivity contribution in [3.63, 3.8) is 0 Å². The zero-order valence-corrected chi connectivity index (χ0v) is 31.1. The maximum absolute atomic E-state index is 6.09. The first-order chi connectivity index (χ1) is 21.2. The first-order valence-electron chi connectivity index (χ1n) is 16.2. The van der Waals surface area contributed by atoms with Gasteiger partial charge in [0.25, 0.3) is 0 Å². The van der Waals surface area contributed by atoms with Crippen LogP contribution in [0, 0.1) is 0 Å². The van der Waals surface area contributed by atoms with Crippen molar-refractivity contribution in [3.05, 3.63) is 70.3 Å². The van der Waals surface area contributed by atoms with Crippen molar-refractivity contribution in [2.45, 2.75) is 123 Å². The van der Waals surface area contributed by atoms with E-state index in [9.17, 15) is 0 Å². The molecular formula is C35H49B3BrNO6. The normalized spacial score (nSPS) is 24.0. The smallest absolute Gasteiger partial charge is 0.405 e. The van der Waals surface area contributed by atoms with Gasteiger partial charge in [-0.3, -0.25) is 0 Å². The summed E-state index contributed by atoms with van der Waals surface area (Å²) in [6, 6.07) is 14.5. The predicted octanol–water partition coefficient (Wildman–Crippen LogP) is 7.73. The molecule has 1 aromatic heterocycles. The molecule has 1 N–H and O–H groups in total. The lowest BCUT2D eigenvalue weighted by molar-refractivity contribution is 0.00578. The van der Waals surface area contributed by atoms with Gasteiger partial charge in [-0.25, -0.2) is 0 Å². The highest BCUT2D eigenvalue weighted by Gasteiger charge is 2.63. The van der Waals surface area contributed by atoms with Gasteiger partial charge in [0.15, 0.2) is 0 Å². The third-order valence-corrected chi connectivity index (χ3v) is 11.4. The largest absolute Gasteiger partial charge is 0.495 e. The Bertz CT molecular complexity index is 1520. The molecule has 4 aliphatic rings. The number of halogens is 1. The molecule has 46 heavy (non-hydrogen) atoms. The predicted molar refractivity (Wildman–Crippen MR) is 193 cm³/mol. The second-order valence-electron chi connectivity index (χ2n) is 15.5. The quantitative estimate of drug-likeness (QED) is 0.278. The minimum atomic E-state index is -0.476. The molecule has 3 fully saturated rings. The van der Waals surface area contributed by atoms with Crippen LogP contribution in [0.3, 0.4) is 0 Å². The standard InChI is InChI=1S/C14H18BNO2.C12H24B2O4.C9H7Br/c1-13(2)14(3,4)18-15(17-13)11-6-5-7-12-10(11)8-9-16-12;1-9(2)10(3,4)16-13(15-9)14-17-11(5,6)12(7,8)18-14;10-9-6-2-4-7-3-1-5-8(7)9/h5-9,16H,1-4H3;1-8H3;1-2,4-6H,3H2. The van der Waals surface area contributed by atoms with Gasteiger partial charge < -0.3 is 32.9 Å². The molecule has 0 spiro atoms. The van der Waals surface area contributed by atoms with Crippen molar-refractivity contribution in [2.24, 2.45) is 0 Å². The summed E-state index contributed by atoms with van der Waals surface area (Å²) in [7, 11) is -1.25. The minimum absolute atomic E-state index is 0.295. The van der Waals surface area contributed by atoms with Crippen LogP contribution in [0.4, 0.5) is 0 Å². The zero-order valence-electron chi connectivity index (χ0n) is 29.5. The fourth-order valence-electron chi connectivity index (χ4n) is 5.53. The van der Waals surface area contributed by atoms with E-state index in [1.807, 2.05) is 67.7 Å². The Labute approximate surface area is 285 Å². The zero-order chi connectivity index (χ0) is 33.9. The highest BCUT2D eigenvalue weighted by atomic mass is 79.9. The minimum Gasteiger partial charge on any atom is -0.405 e. The Morgan fingerprint density at radius 1 is 0.609 bits per heavy atom. The first kappa shape index (κ1) is 35.5. The summed E-state index contributed by atoms with van der Waals surface area (Å²) >= 11 is 3.50. The van der Waals surface area contributed by atoms with E-state index in [0.717, 1.165) is 22.8 Å². The summed E-state index contributed by atoms with van der Waals surface area (Å²) in [5.74, 6) is 0. The fraction of sp³-hybridized carbons (Fsp3) is 0.543. The second kappa shape index (κ2) is 12.2. The molecule has 0 radical (unpaired) electrons. The van der Waals surface area contributed by atoms with Gasteiger partial charge in [0, 0.05) is 16.2 Å². The lowest BCUT2D eigenvalue weighted by Gasteiger charge is -2.32. The third kappa shape index (κ3) is 6.71. The summed E-state index contributed by atoms with van der Waals surface area (Å²) < 4.78 is 37.2. The van der Waals surface area contributed by atoms with Crippen LogP contribution in [0.25, 0.3) is 17.0 Å². The van der Waals surface area contributed by atoms with Gasteiger partial charge in [0.2, 0.25) is 0 Å². The van der Waals surface area contributed by atoms with Gasteiger partial charge >= 0.3 is 21.1 Å². The molecular weight excluding hydrogens is 643 g/mol. The first-order valence-corrected chi connectivity index (χ1v) is 17.0. The molecule has 246 valence electrons. The lowest BCUT2D eigenvalue weighted by atomic mass is 9.49. The van der Waals surface area contributed by atoms with E-state index in [2.05, 4.69) is 97.2 Å². The van der Waals surface area contributed by atoms with Crippen LogP contribution in [0.5, 0.6) is 0 Å². The number of H-pyrrole nitrogens is 1. The van der Waals surface area contributed by atoms with Gasteiger partial charge in [-0.15, -0.1) is 0 Å². The molecule has 1 aliphatic carbocycles. The van der Waals surface area contributed by atoms with Crippen molar-refractivity contribution in [1.82, 2.24) is 4.98 Å². The fourth-order valence-corrected chi connectivity index (χ4v) is 6.07. The number of fused-ring (bicyclic) bond motifs is 2. The Hall–Kier alpha value is -1.85. The molecule has 3 aromatic rings. The van der Waals surface area contributed by atoms with Gasteiger partial charge in [0.05, 0.1) is 33.6 Å². The molecule has 3 aliphatic heterocycles. The summed E-state index contributed by atoms with van der Waals surface area (Å²) in [4.78, 5) is 3.21. The number of nitrogens with one attached hydrogen (secondary N) is 1. The number of aromatic amines is 1. The third-order valence-electron chi connectivity index (χ3n) is 10.7. The Morgan fingerprint density at radius 3 is 1.59 bits per heavy atom. The van der Waals surface area contributed by atoms with Crippen LogP contribution < -0.4 is 5.46 Å². The number of allylic oxidation sites excluding steroid dienone is 1. The van der Waals surface area contributed by atoms with E-state index in [4.69, 9.17) is 27.9 Å². The Balaban J connectivity index is 0.000000142. The Morgan fingerprint density at radius 2 is 1.09 bits per heavy atom. The van der Waals surface area contributed by atoms with Crippen LogP contribution in [-0.2, 0) is 34.3 Å². The average Bonchev–Trinajstić information content (AvgIpc) is 3.72. The highest BCUT2D eigenvalue weighted by Crippen LogP contribution is 2.43. The van der Waals surface area contributed by atoms with E-state index in [-0.39, 0.29) is 40.7 Å². The molecule has 7 nitrogen and oxygen atoms in total. The van der Waals surface area contributed by atoms with Crippen LogP contribution in [0.2, 0.25) is 0 Å². The van der Waals surface area contributed by atoms with E-state index in [1.54, 1.807) is 0 Å². The van der Waals surface area contributed by atoms with Gasteiger partial charge in [-0.2, -0.15) is 0 Å². The van der Waals surface area contributed by atoms with Gasteiger partial charge in [0.1, 0.15) is 0 Å². The molecule has 4 heterocycles. The molecule has 3 saturated heterocycles. The number of aromatic nitrogens is 1. The Kier molecular flexibility index (Phi) is 9.44. The number of hydrogen-bond acceptors (Lipinski definition) is 6. The van der Waals surface area contributed by atoms with Crippen LogP contribution >= 0.6 is 15.9 Å².